The largest absolute Gasteiger partial charge is 0.265 e. The minimum atomic E-state index is -0.356. The number of hydrogen-bond donors (Lipinski definition) is 0. The van der Waals surface area contributed by atoms with Gasteiger partial charge in [-0.05, 0) is 108 Å². The Labute approximate surface area is 364 Å². The molecule has 0 saturated carbocycles. The van der Waals surface area contributed by atoms with Crippen molar-refractivity contribution in [3.05, 3.63) is 228 Å². The van der Waals surface area contributed by atoms with E-state index in [2.05, 4.69) is 254 Å². The van der Waals surface area contributed by atoms with Crippen LogP contribution in [-0.4, -0.2) is 4.98 Å². The predicted octanol–water partition coefficient (Wildman–Crippen LogP) is 14.6. The van der Waals surface area contributed by atoms with Gasteiger partial charge in [0.1, 0.15) is 7.05 Å². The highest BCUT2D eigenvalue weighted by molar-refractivity contribution is 5.73. The average Bonchev–Trinajstić information content (AvgIpc) is 3.29. The van der Waals surface area contributed by atoms with Crippen LogP contribution in [0.2, 0.25) is 0 Å². The van der Waals surface area contributed by atoms with Crippen LogP contribution >= 0.6 is 0 Å². The van der Waals surface area contributed by atoms with Gasteiger partial charge in [-0.15, -0.1) is 0 Å². The molecule has 2 heterocycles. The van der Waals surface area contributed by atoms with E-state index in [1.807, 2.05) is 12.4 Å². The summed E-state index contributed by atoms with van der Waals surface area (Å²) in [5.74, 6) is 0. The van der Waals surface area contributed by atoms with Gasteiger partial charge in [0.2, 0.25) is 0 Å². The second-order valence-electron chi connectivity index (χ2n) is 19.2. The number of aryl methyl sites for hydroxylation is 1. The Morgan fingerprint density at radius 3 is 0.885 bits per heavy atom. The molecule has 2 atom stereocenters. The summed E-state index contributed by atoms with van der Waals surface area (Å²) in [7, 11) is 2.07. The number of rotatable bonds is 9. The van der Waals surface area contributed by atoms with Gasteiger partial charge in [-0.1, -0.05) is 194 Å². The Balaban J connectivity index is 1.03. The zero-order chi connectivity index (χ0) is 43.0. The van der Waals surface area contributed by atoms with Crippen LogP contribution in [0.4, 0.5) is 0 Å². The molecule has 6 aromatic carbocycles. The molecule has 2 aromatic heterocycles. The SMILES string of the molecule is C[n+]1ccc(C(C)(c2ccc(-c3ccc(-c4ccc(C(C)(C)C)cc4)cc3)cc2)c2ccc(-c3ccc(-c4ccc(C(C)(c5ccncc5)C(C)(C)C)cc4)cc3)cc2)cc1. The Bertz CT molecular complexity index is 2700. The zero-order valence-corrected chi connectivity index (χ0v) is 37.4. The topological polar surface area (TPSA) is 16.8 Å². The van der Waals surface area contributed by atoms with Crippen molar-refractivity contribution in [3.63, 3.8) is 0 Å². The second kappa shape index (κ2) is 16.2. The van der Waals surface area contributed by atoms with Gasteiger partial charge in [-0.3, -0.25) is 4.98 Å². The Morgan fingerprint density at radius 1 is 0.311 bits per heavy atom. The van der Waals surface area contributed by atoms with Crippen molar-refractivity contribution in [2.45, 2.75) is 71.6 Å². The third kappa shape index (κ3) is 8.12. The van der Waals surface area contributed by atoms with E-state index >= 15 is 0 Å². The highest BCUT2D eigenvalue weighted by atomic mass is 14.9. The first-order valence-corrected chi connectivity index (χ1v) is 21.6. The Hall–Kier alpha value is -6.38. The lowest BCUT2D eigenvalue weighted by Gasteiger charge is -2.43. The first-order valence-electron chi connectivity index (χ1n) is 21.6. The van der Waals surface area contributed by atoms with E-state index in [0.29, 0.717) is 0 Å². The molecule has 2 nitrogen and oxygen atoms in total. The van der Waals surface area contributed by atoms with E-state index in [9.17, 15) is 0 Å². The van der Waals surface area contributed by atoms with Crippen molar-refractivity contribution in [2.24, 2.45) is 12.5 Å². The maximum absolute atomic E-state index is 4.28. The molecular weight excluding hydrogens is 737 g/mol. The van der Waals surface area contributed by atoms with E-state index in [4.69, 9.17) is 0 Å². The average molecular weight is 796 g/mol. The van der Waals surface area contributed by atoms with Gasteiger partial charge in [0, 0.05) is 35.4 Å². The third-order valence-corrected chi connectivity index (χ3v) is 13.6. The lowest BCUT2D eigenvalue weighted by atomic mass is 9.60. The molecule has 0 N–H and O–H groups in total. The maximum atomic E-state index is 4.28. The van der Waals surface area contributed by atoms with Crippen LogP contribution < -0.4 is 4.57 Å². The Morgan fingerprint density at radius 2 is 0.574 bits per heavy atom. The predicted molar refractivity (Wildman–Crippen MR) is 257 cm³/mol. The number of pyridine rings is 2. The van der Waals surface area contributed by atoms with Gasteiger partial charge in [0.25, 0.3) is 0 Å². The zero-order valence-electron chi connectivity index (χ0n) is 37.4. The molecule has 0 aliphatic rings. The molecule has 0 spiro atoms. The van der Waals surface area contributed by atoms with Crippen molar-refractivity contribution in [1.82, 2.24) is 4.98 Å². The van der Waals surface area contributed by atoms with Gasteiger partial charge in [0.05, 0.1) is 0 Å². The normalized spacial score (nSPS) is 13.9. The van der Waals surface area contributed by atoms with Crippen molar-refractivity contribution in [3.8, 4) is 44.5 Å². The molecule has 61 heavy (non-hydrogen) atoms. The van der Waals surface area contributed by atoms with Crippen molar-refractivity contribution >= 4 is 0 Å². The van der Waals surface area contributed by atoms with Crippen LogP contribution in [0.1, 0.15) is 88.8 Å². The van der Waals surface area contributed by atoms with Crippen molar-refractivity contribution in [1.29, 1.82) is 0 Å². The molecule has 8 aromatic rings. The van der Waals surface area contributed by atoms with E-state index in [0.717, 1.165) is 0 Å². The molecular formula is C59H59N2+. The molecule has 0 radical (unpaired) electrons. The maximum Gasteiger partial charge on any atom is 0.168 e. The summed E-state index contributed by atoms with van der Waals surface area (Å²) < 4.78 is 2.10. The smallest absolute Gasteiger partial charge is 0.168 e. The first-order chi connectivity index (χ1) is 29.1. The molecule has 304 valence electrons. The number of nitrogens with zero attached hydrogens (tertiary/aromatic N) is 2. The fourth-order valence-electron chi connectivity index (χ4n) is 8.91. The monoisotopic (exact) mass is 795 g/mol. The fraction of sp³-hybridized carbons (Fsp3) is 0.220. The van der Waals surface area contributed by atoms with Gasteiger partial charge in [0.15, 0.2) is 12.4 Å². The lowest BCUT2D eigenvalue weighted by Crippen LogP contribution is -2.38. The van der Waals surface area contributed by atoms with Crippen molar-refractivity contribution < 1.29 is 4.57 Å². The summed E-state index contributed by atoms with van der Waals surface area (Å²) >= 11 is 0. The lowest BCUT2D eigenvalue weighted by molar-refractivity contribution is -0.671. The fourth-order valence-corrected chi connectivity index (χ4v) is 8.91. The summed E-state index contributed by atoms with van der Waals surface area (Å²) in [6, 6.07) is 63.2. The molecule has 8 rings (SSSR count). The van der Waals surface area contributed by atoms with Crippen LogP contribution in [-0.2, 0) is 23.3 Å². The summed E-state index contributed by atoms with van der Waals surface area (Å²) in [6.45, 7) is 18.4. The molecule has 0 aliphatic heterocycles. The summed E-state index contributed by atoms with van der Waals surface area (Å²) in [6.07, 6.45) is 8.09. The van der Waals surface area contributed by atoms with Gasteiger partial charge in [-0.2, -0.15) is 0 Å². The molecule has 0 aliphatic carbocycles. The highest BCUT2D eigenvalue weighted by Crippen LogP contribution is 2.47. The quantitative estimate of drug-likeness (QED) is 0.133. The van der Waals surface area contributed by atoms with Crippen LogP contribution in [0.3, 0.4) is 0 Å². The van der Waals surface area contributed by atoms with Crippen LogP contribution in [0.15, 0.2) is 195 Å². The van der Waals surface area contributed by atoms with Crippen LogP contribution in [0.5, 0.6) is 0 Å². The van der Waals surface area contributed by atoms with Gasteiger partial charge >= 0.3 is 0 Å². The third-order valence-electron chi connectivity index (χ3n) is 13.6. The molecule has 0 bridgehead atoms. The number of benzene rings is 6. The molecule has 2 heteroatoms. The molecule has 0 amide bonds. The standard InChI is InChI=1S/C59H59N2/c1-56(2,3)50-26-18-46(19-27-50)42-10-12-43(13-11-42)47-20-28-51(29-21-47)58(7,53-36-40-61(9)41-37-53)52-30-22-48(23-31-52)44-14-16-45(17-15-44)49-24-32-54(33-25-49)59(8,57(4,5)6)55-34-38-60-39-35-55/h10-41H,1-9H3/q+1. The minimum Gasteiger partial charge on any atom is -0.265 e. The van der Waals surface area contributed by atoms with E-state index < -0.39 is 0 Å². The van der Waals surface area contributed by atoms with Crippen LogP contribution in [0, 0.1) is 5.41 Å². The molecule has 0 fully saturated rings. The van der Waals surface area contributed by atoms with Gasteiger partial charge in [-0.25, -0.2) is 4.57 Å². The summed E-state index contributed by atoms with van der Waals surface area (Å²) in [5.41, 5.74) is 17.1. The first kappa shape index (κ1) is 41.4. The van der Waals surface area contributed by atoms with E-state index in [-0.39, 0.29) is 21.7 Å². The van der Waals surface area contributed by atoms with E-state index in [1.165, 1.54) is 77.9 Å². The summed E-state index contributed by atoms with van der Waals surface area (Å²) in [4.78, 5) is 4.28. The van der Waals surface area contributed by atoms with Gasteiger partial charge < -0.3 is 0 Å². The van der Waals surface area contributed by atoms with Crippen molar-refractivity contribution in [2.75, 3.05) is 0 Å². The summed E-state index contributed by atoms with van der Waals surface area (Å²) in [5, 5.41) is 0. The molecule has 0 saturated heterocycles. The van der Waals surface area contributed by atoms with Crippen LogP contribution in [0.25, 0.3) is 44.5 Å². The van der Waals surface area contributed by atoms with E-state index in [1.54, 1.807) is 0 Å². The number of hydrogen-bond acceptors (Lipinski definition) is 1. The number of aromatic nitrogens is 2. The Kier molecular flexibility index (Phi) is 11.0. The minimum absolute atomic E-state index is 0.0166. The second-order valence-corrected chi connectivity index (χ2v) is 19.2. The molecule has 2 unspecified atom stereocenters. The highest BCUT2D eigenvalue weighted by Gasteiger charge is 2.40.